The smallest absolute Gasteiger partial charge is 0.270 e. The Morgan fingerprint density at radius 2 is 2.13 bits per heavy atom. The molecule has 1 aromatic carbocycles. The molecule has 2 rings (SSSR count). The summed E-state index contributed by atoms with van der Waals surface area (Å²) in [5, 5.41) is 17.2. The van der Waals surface area contributed by atoms with E-state index in [2.05, 4.69) is 4.98 Å². The Hall–Kier alpha value is -2.11. The Bertz CT molecular complexity index is 550. The molecule has 0 aliphatic heterocycles. The molecule has 0 spiro atoms. The van der Waals surface area contributed by atoms with Gasteiger partial charge >= 0.3 is 0 Å². The number of thiazole rings is 1. The average Bonchev–Trinajstić information content (AvgIpc) is 2.74. The van der Waals surface area contributed by atoms with E-state index in [4.69, 9.17) is 15.3 Å². The Kier molecular flexibility index (Phi) is 2.49. The number of hydrogen-bond acceptors (Lipinski definition) is 5. The predicted molar refractivity (Wildman–Crippen MR) is 55.3 cm³/mol. The van der Waals surface area contributed by atoms with Gasteiger partial charge in [-0.25, -0.2) is 4.98 Å². The maximum atomic E-state index is 8.59. The molecule has 0 saturated carbocycles. The summed E-state index contributed by atoms with van der Waals surface area (Å²) in [5.74, 6) is 0.474. The molecule has 0 atom stereocenters. The molecule has 1 heterocycles. The van der Waals surface area contributed by atoms with Crippen molar-refractivity contribution < 1.29 is 4.74 Å². The first-order valence-corrected chi connectivity index (χ1v) is 5.01. The van der Waals surface area contributed by atoms with E-state index in [-0.39, 0.29) is 0 Å². The van der Waals surface area contributed by atoms with Crippen LogP contribution < -0.4 is 4.74 Å². The molecule has 0 fully saturated rings. The van der Waals surface area contributed by atoms with Gasteiger partial charge in [-0.2, -0.15) is 10.5 Å². The van der Waals surface area contributed by atoms with Crippen LogP contribution in [0.3, 0.4) is 0 Å². The largest absolute Gasteiger partial charge is 0.459 e. The molecule has 0 amide bonds. The van der Waals surface area contributed by atoms with Gasteiger partial charge in [-0.1, -0.05) is 6.07 Å². The van der Waals surface area contributed by atoms with Gasteiger partial charge in [0.15, 0.2) is 0 Å². The maximum absolute atomic E-state index is 8.59. The second kappa shape index (κ2) is 3.95. The number of ether oxygens (including phenoxy) is 1. The highest BCUT2D eigenvalue weighted by molar-refractivity contribution is 7.16. The minimum Gasteiger partial charge on any atom is -0.459 e. The molecule has 5 heteroatoms. The third-order valence-electron chi connectivity index (χ3n) is 1.80. The van der Waals surface area contributed by atoms with Crippen molar-refractivity contribution in [2.75, 3.05) is 0 Å². The SMILES string of the molecule is N#CC(C#N)Oc1cccc2scnc12. The molecular formula is C10H5N3OS. The Labute approximate surface area is 90.0 Å². The number of nitrogens with zero attached hydrogens (tertiary/aromatic N) is 3. The molecular weight excluding hydrogens is 210 g/mol. The first-order valence-electron chi connectivity index (χ1n) is 4.13. The average molecular weight is 215 g/mol. The Balaban J connectivity index is 2.41. The number of rotatable bonds is 2. The maximum Gasteiger partial charge on any atom is 0.270 e. The molecule has 0 unspecified atom stereocenters. The van der Waals surface area contributed by atoms with Gasteiger partial charge in [-0.3, -0.25) is 0 Å². The van der Waals surface area contributed by atoms with E-state index >= 15 is 0 Å². The Morgan fingerprint density at radius 3 is 2.87 bits per heavy atom. The molecule has 4 nitrogen and oxygen atoms in total. The zero-order chi connectivity index (χ0) is 10.7. The molecule has 0 saturated heterocycles. The summed E-state index contributed by atoms with van der Waals surface area (Å²) in [4.78, 5) is 4.12. The summed E-state index contributed by atoms with van der Waals surface area (Å²) in [5.41, 5.74) is 2.39. The number of hydrogen-bond donors (Lipinski definition) is 0. The lowest BCUT2D eigenvalue weighted by Crippen LogP contribution is -2.10. The first-order chi connectivity index (χ1) is 7.35. The summed E-state index contributed by atoms with van der Waals surface area (Å²) >= 11 is 1.49. The van der Waals surface area contributed by atoms with Gasteiger partial charge in [0.25, 0.3) is 6.10 Å². The zero-order valence-corrected chi connectivity index (χ0v) is 8.36. The van der Waals surface area contributed by atoms with Crippen molar-refractivity contribution in [1.29, 1.82) is 10.5 Å². The van der Waals surface area contributed by atoms with Crippen molar-refractivity contribution in [1.82, 2.24) is 4.98 Å². The van der Waals surface area contributed by atoms with Crippen LogP contribution in [0.25, 0.3) is 10.2 Å². The number of para-hydroxylation sites is 1. The van der Waals surface area contributed by atoms with Crippen molar-refractivity contribution in [2.24, 2.45) is 0 Å². The van der Waals surface area contributed by atoms with Crippen molar-refractivity contribution in [3.63, 3.8) is 0 Å². The van der Waals surface area contributed by atoms with Gasteiger partial charge in [0.1, 0.15) is 23.4 Å². The van der Waals surface area contributed by atoms with Crippen LogP contribution in [0.1, 0.15) is 0 Å². The lowest BCUT2D eigenvalue weighted by atomic mass is 10.3. The van der Waals surface area contributed by atoms with Crippen LogP contribution in [0, 0.1) is 22.7 Å². The lowest BCUT2D eigenvalue weighted by Gasteiger charge is -2.05. The molecule has 0 aliphatic carbocycles. The van der Waals surface area contributed by atoms with Crippen LogP contribution in [0.5, 0.6) is 5.75 Å². The fourth-order valence-corrected chi connectivity index (χ4v) is 1.86. The Morgan fingerprint density at radius 1 is 1.33 bits per heavy atom. The molecule has 0 bridgehead atoms. The minimum atomic E-state index is -1.09. The van der Waals surface area contributed by atoms with E-state index in [1.807, 2.05) is 12.1 Å². The van der Waals surface area contributed by atoms with E-state index in [0.29, 0.717) is 11.3 Å². The fourth-order valence-electron chi connectivity index (χ4n) is 1.16. The van der Waals surface area contributed by atoms with Crippen molar-refractivity contribution in [3.8, 4) is 17.9 Å². The van der Waals surface area contributed by atoms with E-state index in [0.717, 1.165) is 4.70 Å². The van der Waals surface area contributed by atoms with Crippen LogP contribution in [0.2, 0.25) is 0 Å². The number of benzene rings is 1. The summed E-state index contributed by atoms with van der Waals surface area (Å²) < 4.78 is 6.18. The zero-order valence-electron chi connectivity index (χ0n) is 7.54. The first kappa shape index (κ1) is 9.45. The summed E-state index contributed by atoms with van der Waals surface area (Å²) in [7, 11) is 0. The van der Waals surface area contributed by atoms with Gasteiger partial charge in [-0.05, 0) is 12.1 Å². The second-order valence-corrected chi connectivity index (χ2v) is 3.60. The third kappa shape index (κ3) is 1.74. The summed E-state index contributed by atoms with van der Waals surface area (Å²) in [6, 6.07) is 8.91. The summed E-state index contributed by atoms with van der Waals surface area (Å²) in [6.07, 6.45) is -1.09. The van der Waals surface area contributed by atoms with E-state index in [1.165, 1.54) is 11.3 Å². The molecule has 0 N–H and O–H groups in total. The van der Waals surface area contributed by atoms with Crippen molar-refractivity contribution >= 4 is 21.6 Å². The molecule has 1 aromatic heterocycles. The van der Waals surface area contributed by atoms with Crippen molar-refractivity contribution in [2.45, 2.75) is 6.10 Å². The van der Waals surface area contributed by atoms with Crippen molar-refractivity contribution in [3.05, 3.63) is 23.7 Å². The van der Waals surface area contributed by atoms with Crippen LogP contribution in [0.4, 0.5) is 0 Å². The van der Waals surface area contributed by atoms with Crippen LogP contribution >= 0.6 is 11.3 Å². The van der Waals surface area contributed by atoms with Crippen LogP contribution in [-0.4, -0.2) is 11.1 Å². The van der Waals surface area contributed by atoms with E-state index in [1.54, 1.807) is 23.7 Å². The van der Waals surface area contributed by atoms with Crippen LogP contribution in [0.15, 0.2) is 23.7 Å². The number of nitriles is 2. The van der Waals surface area contributed by atoms with E-state index < -0.39 is 6.10 Å². The standard InChI is InChI=1S/C10H5N3OS/c11-4-7(5-12)14-8-2-1-3-9-10(8)13-6-15-9/h1-3,6-7H. The number of aromatic nitrogens is 1. The lowest BCUT2D eigenvalue weighted by molar-refractivity contribution is 0.312. The third-order valence-corrected chi connectivity index (χ3v) is 2.60. The normalized spacial score (nSPS) is 9.80. The van der Waals surface area contributed by atoms with Crippen LogP contribution in [-0.2, 0) is 0 Å². The predicted octanol–water partition coefficient (Wildman–Crippen LogP) is 2.09. The quantitative estimate of drug-likeness (QED) is 0.769. The van der Waals surface area contributed by atoms with Gasteiger partial charge in [0, 0.05) is 0 Å². The number of fused-ring (bicyclic) bond motifs is 1. The molecule has 72 valence electrons. The highest BCUT2D eigenvalue weighted by atomic mass is 32.1. The highest BCUT2D eigenvalue weighted by Gasteiger charge is 2.10. The topological polar surface area (TPSA) is 69.7 Å². The second-order valence-electron chi connectivity index (χ2n) is 2.71. The van der Waals surface area contributed by atoms with Gasteiger partial charge in [-0.15, -0.1) is 11.3 Å². The molecule has 0 aliphatic rings. The van der Waals surface area contributed by atoms with Gasteiger partial charge in [0.2, 0.25) is 0 Å². The minimum absolute atomic E-state index is 0.474. The van der Waals surface area contributed by atoms with Gasteiger partial charge in [0.05, 0.1) is 10.2 Å². The fraction of sp³-hybridized carbons (Fsp3) is 0.100. The molecule has 15 heavy (non-hydrogen) atoms. The van der Waals surface area contributed by atoms with Gasteiger partial charge < -0.3 is 4.74 Å². The summed E-state index contributed by atoms with van der Waals surface area (Å²) in [6.45, 7) is 0. The van der Waals surface area contributed by atoms with E-state index in [9.17, 15) is 0 Å². The monoisotopic (exact) mass is 215 g/mol. The molecule has 0 radical (unpaired) electrons. The highest BCUT2D eigenvalue weighted by Crippen LogP contribution is 2.27. The molecule has 2 aromatic rings.